The van der Waals surface area contributed by atoms with Crippen molar-refractivity contribution in [3.63, 3.8) is 0 Å². The Bertz CT molecular complexity index is 1270. The third-order valence-corrected chi connectivity index (χ3v) is 6.29. The molecule has 0 aliphatic rings. The highest BCUT2D eigenvalue weighted by atomic mass is 16.5. The first kappa shape index (κ1) is 25.0. The van der Waals surface area contributed by atoms with E-state index in [-0.39, 0.29) is 11.9 Å². The molecule has 0 radical (unpaired) electrons. The molecule has 4 aromatic rings. The van der Waals surface area contributed by atoms with Gasteiger partial charge in [0, 0.05) is 24.0 Å². The van der Waals surface area contributed by atoms with Gasteiger partial charge in [0.05, 0.1) is 14.2 Å². The molecule has 1 aromatic heterocycles. The molecule has 3 aromatic carbocycles. The highest BCUT2D eigenvalue weighted by Gasteiger charge is 2.15. The zero-order valence-electron chi connectivity index (χ0n) is 21.0. The van der Waals surface area contributed by atoms with Crippen LogP contribution in [-0.2, 0) is 6.42 Å². The van der Waals surface area contributed by atoms with Crippen molar-refractivity contribution < 1.29 is 14.3 Å². The van der Waals surface area contributed by atoms with E-state index in [1.54, 1.807) is 20.4 Å². The molecule has 1 atom stereocenters. The Balaban J connectivity index is 1.53. The van der Waals surface area contributed by atoms with Crippen LogP contribution in [0.15, 0.2) is 91.3 Å². The molecule has 0 spiro atoms. The normalized spacial score (nSPS) is 11.5. The van der Waals surface area contributed by atoms with Gasteiger partial charge in [0.1, 0.15) is 11.5 Å². The molecular weight excluding hydrogens is 448 g/mol. The van der Waals surface area contributed by atoms with Crippen LogP contribution in [0.5, 0.6) is 11.5 Å². The number of methoxy groups -OCH3 is 2. The van der Waals surface area contributed by atoms with Gasteiger partial charge >= 0.3 is 0 Å². The van der Waals surface area contributed by atoms with E-state index in [9.17, 15) is 4.79 Å². The van der Waals surface area contributed by atoms with Crippen molar-refractivity contribution in [2.24, 2.45) is 0 Å². The second kappa shape index (κ2) is 12.0. The fraction of sp³-hybridized carbons (Fsp3) is 0.226. The van der Waals surface area contributed by atoms with Crippen LogP contribution in [0.1, 0.15) is 35.7 Å². The topological polar surface area (TPSA) is 60.5 Å². The van der Waals surface area contributed by atoms with Gasteiger partial charge in [-0.2, -0.15) is 0 Å². The summed E-state index contributed by atoms with van der Waals surface area (Å²) in [4.78, 5) is 17.3. The van der Waals surface area contributed by atoms with Gasteiger partial charge in [0.25, 0.3) is 5.91 Å². The number of aryl methyl sites for hydroxylation is 1. The van der Waals surface area contributed by atoms with Gasteiger partial charge in [-0.3, -0.25) is 9.78 Å². The van der Waals surface area contributed by atoms with Crippen molar-refractivity contribution in [3.05, 3.63) is 102 Å². The van der Waals surface area contributed by atoms with E-state index in [0.29, 0.717) is 5.56 Å². The van der Waals surface area contributed by atoms with Crippen molar-refractivity contribution in [2.75, 3.05) is 14.2 Å². The molecule has 0 bridgehead atoms. The maximum Gasteiger partial charge on any atom is 0.251 e. The molecule has 0 saturated heterocycles. The number of ether oxygens (including phenoxy) is 2. The quantitative estimate of drug-likeness (QED) is 0.279. The summed E-state index contributed by atoms with van der Waals surface area (Å²) in [6.45, 7) is 2.05. The van der Waals surface area contributed by atoms with E-state index < -0.39 is 0 Å². The first-order valence-electron chi connectivity index (χ1n) is 12.2. The predicted molar refractivity (Wildman–Crippen MR) is 145 cm³/mol. The second-order valence-electron chi connectivity index (χ2n) is 8.85. The van der Waals surface area contributed by atoms with Crippen LogP contribution in [0.25, 0.3) is 22.3 Å². The molecule has 36 heavy (non-hydrogen) atoms. The van der Waals surface area contributed by atoms with Crippen molar-refractivity contribution in [1.82, 2.24) is 10.3 Å². The summed E-state index contributed by atoms with van der Waals surface area (Å²) in [7, 11) is 3.31. The van der Waals surface area contributed by atoms with E-state index in [2.05, 4.69) is 23.3 Å². The maximum absolute atomic E-state index is 13.1. The van der Waals surface area contributed by atoms with Gasteiger partial charge < -0.3 is 14.8 Å². The Hall–Kier alpha value is -4.12. The summed E-state index contributed by atoms with van der Waals surface area (Å²) in [5.41, 5.74) is 5.95. The number of aromatic nitrogens is 1. The van der Waals surface area contributed by atoms with Crippen LogP contribution >= 0.6 is 0 Å². The zero-order chi connectivity index (χ0) is 25.3. The van der Waals surface area contributed by atoms with Gasteiger partial charge in [0.15, 0.2) is 0 Å². The van der Waals surface area contributed by atoms with Crippen LogP contribution in [0.4, 0.5) is 0 Å². The number of pyridine rings is 1. The lowest BCUT2D eigenvalue weighted by atomic mass is 9.92. The van der Waals surface area contributed by atoms with E-state index in [4.69, 9.17) is 9.47 Å². The van der Waals surface area contributed by atoms with Crippen LogP contribution < -0.4 is 14.8 Å². The van der Waals surface area contributed by atoms with E-state index in [0.717, 1.165) is 53.0 Å². The molecule has 5 nitrogen and oxygen atoms in total. The smallest absolute Gasteiger partial charge is 0.251 e. The van der Waals surface area contributed by atoms with Crippen LogP contribution in [0.2, 0.25) is 0 Å². The highest BCUT2D eigenvalue weighted by molar-refractivity contribution is 5.98. The lowest BCUT2D eigenvalue weighted by Crippen LogP contribution is -2.32. The molecule has 1 amide bonds. The number of hydrogen-bond donors (Lipinski definition) is 1. The lowest BCUT2D eigenvalue weighted by molar-refractivity contribution is 0.0938. The Kier molecular flexibility index (Phi) is 8.35. The largest absolute Gasteiger partial charge is 0.497 e. The minimum atomic E-state index is -0.0695. The second-order valence-corrected chi connectivity index (χ2v) is 8.85. The number of amides is 1. The van der Waals surface area contributed by atoms with E-state index in [1.807, 2.05) is 79.0 Å². The Morgan fingerprint density at radius 2 is 1.50 bits per heavy atom. The molecule has 0 fully saturated rings. The number of nitrogens with one attached hydrogen (secondary N) is 1. The average Bonchev–Trinajstić information content (AvgIpc) is 2.93. The van der Waals surface area contributed by atoms with Gasteiger partial charge in [-0.15, -0.1) is 0 Å². The van der Waals surface area contributed by atoms with Crippen LogP contribution in [0.3, 0.4) is 0 Å². The highest BCUT2D eigenvalue weighted by Crippen LogP contribution is 2.34. The number of carbonyl (C=O) groups excluding carboxylic acids is 1. The first-order chi connectivity index (χ1) is 17.6. The summed E-state index contributed by atoms with van der Waals surface area (Å²) >= 11 is 0. The molecule has 5 heteroatoms. The first-order valence-corrected chi connectivity index (χ1v) is 12.2. The zero-order valence-corrected chi connectivity index (χ0v) is 21.0. The monoisotopic (exact) mass is 480 g/mol. The molecule has 4 rings (SSSR count). The Labute approximate surface area is 213 Å². The number of rotatable bonds is 10. The van der Waals surface area contributed by atoms with Gasteiger partial charge in [-0.1, -0.05) is 36.4 Å². The molecular formula is C31H32N2O3. The summed E-state index contributed by atoms with van der Waals surface area (Å²) in [5, 5.41) is 3.16. The summed E-state index contributed by atoms with van der Waals surface area (Å²) < 4.78 is 10.6. The molecule has 0 saturated carbocycles. The average molecular weight is 481 g/mol. The molecule has 184 valence electrons. The number of nitrogens with zero attached hydrogens (tertiary/aromatic N) is 1. The third-order valence-electron chi connectivity index (χ3n) is 6.29. The third kappa shape index (κ3) is 6.30. The minimum Gasteiger partial charge on any atom is -0.497 e. The predicted octanol–water partition coefficient (Wildman–Crippen LogP) is 6.57. The molecule has 1 N–H and O–H groups in total. The standard InChI is InChI=1S/C31H32N2O3/c1-22(6-4-7-23-8-5-19-32-21-23)33-31(34)26-13-18-29(24-9-14-27(35-2)15-10-24)30(20-26)25-11-16-28(36-3)17-12-25/h5,8-22H,4,6-7H2,1-3H3,(H,33,34)/t22-/m1/s1. The summed E-state index contributed by atoms with van der Waals surface area (Å²) in [6.07, 6.45) is 6.52. The van der Waals surface area contributed by atoms with Gasteiger partial charge in [-0.05, 0) is 96.5 Å². The SMILES string of the molecule is COc1ccc(-c2ccc(C(=O)N[C@H](C)CCCc3cccnc3)cc2-c2ccc(OC)cc2)cc1. The van der Waals surface area contributed by atoms with Crippen molar-refractivity contribution in [1.29, 1.82) is 0 Å². The van der Waals surface area contributed by atoms with E-state index >= 15 is 0 Å². The Morgan fingerprint density at radius 1 is 0.861 bits per heavy atom. The van der Waals surface area contributed by atoms with Gasteiger partial charge in [0.2, 0.25) is 0 Å². The maximum atomic E-state index is 13.1. The Morgan fingerprint density at radius 3 is 2.08 bits per heavy atom. The fourth-order valence-electron chi connectivity index (χ4n) is 4.25. The van der Waals surface area contributed by atoms with Crippen molar-refractivity contribution in [2.45, 2.75) is 32.2 Å². The molecule has 1 heterocycles. The fourth-order valence-corrected chi connectivity index (χ4v) is 4.25. The molecule has 0 unspecified atom stereocenters. The molecule has 0 aliphatic heterocycles. The minimum absolute atomic E-state index is 0.0693. The summed E-state index contributed by atoms with van der Waals surface area (Å²) in [5.74, 6) is 1.52. The van der Waals surface area contributed by atoms with Gasteiger partial charge in [-0.25, -0.2) is 0 Å². The number of hydrogen-bond acceptors (Lipinski definition) is 4. The van der Waals surface area contributed by atoms with Crippen LogP contribution in [0, 0.1) is 0 Å². The van der Waals surface area contributed by atoms with Crippen LogP contribution in [-0.4, -0.2) is 31.2 Å². The van der Waals surface area contributed by atoms with Crippen molar-refractivity contribution in [3.8, 4) is 33.8 Å². The molecule has 0 aliphatic carbocycles. The number of carbonyl (C=O) groups is 1. The van der Waals surface area contributed by atoms with E-state index in [1.165, 1.54) is 5.56 Å². The summed E-state index contributed by atoms with van der Waals surface area (Å²) in [6, 6.07) is 25.9. The lowest BCUT2D eigenvalue weighted by Gasteiger charge is -2.16. The van der Waals surface area contributed by atoms with Crippen molar-refractivity contribution >= 4 is 5.91 Å². The number of benzene rings is 3.